The summed E-state index contributed by atoms with van der Waals surface area (Å²) in [5, 5.41) is 1.69. The number of likely N-dealkylation sites (N-methyl/N-ethyl adjacent to an activating group) is 1. The zero-order chi connectivity index (χ0) is 19.4. The average molecular weight is 405 g/mol. The van der Waals surface area contributed by atoms with Crippen molar-refractivity contribution in [3.8, 4) is 0 Å². The van der Waals surface area contributed by atoms with Gasteiger partial charge in [-0.05, 0) is 44.6 Å². The van der Waals surface area contributed by atoms with Crippen LogP contribution in [0.3, 0.4) is 0 Å². The summed E-state index contributed by atoms with van der Waals surface area (Å²) in [4.78, 5) is 32.2. The van der Waals surface area contributed by atoms with E-state index in [1.807, 2.05) is 60.8 Å². The number of ether oxygens (including phenoxy) is 1. The molecule has 144 valence electrons. The fourth-order valence-electron chi connectivity index (χ4n) is 3.06. The van der Waals surface area contributed by atoms with Crippen molar-refractivity contribution in [2.45, 2.75) is 17.1 Å². The first-order valence-corrected chi connectivity index (χ1v) is 10.7. The van der Waals surface area contributed by atoms with Gasteiger partial charge in [0.25, 0.3) is 0 Å². The predicted molar refractivity (Wildman–Crippen MR) is 110 cm³/mol. The molecule has 0 unspecified atom stereocenters. The molecule has 2 heterocycles. The van der Waals surface area contributed by atoms with Gasteiger partial charge in [-0.1, -0.05) is 18.2 Å². The quantitative estimate of drug-likeness (QED) is 0.543. The number of rotatable bonds is 6. The molecule has 2 aromatic rings. The van der Waals surface area contributed by atoms with E-state index in [-0.39, 0.29) is 17.8 Å². The molecule has 0 fully saturated rings. The van der Waals surface area contributed by atoms with Crippen molar-refractivity contribution in [2.75, 3.05) is 38.7 Å². The Bertz CT molecular complexity index is 792. The minimum absolute atomic E-state index is 0.189. The minimum atomic E-state index is -0.858. The molecular weight excluding hydrogens is 380 g/mol. The van der Waals surface area contributed by atoms with Crippen LogP contribution in [0.1, 0.15) is 17.1 Å². The van der Waals surface area contributed by atoms with Crippen molar-refractivity contribution in [1.29, 1.82) is 0 Å². The summed E-state index contributed by atoms with van der Waals surface area (Å²) in [5.41, 5.74) is 0.864. The van der Waals surface area contributed by atoms with Gasteiger partial charge in [-0.15, -0.1) is 23.1 Å². The normalized spacial score (nSPS) is 19.7. The van der Waals surface area contributed by atoms with Gasteiger partial charge in [-0.25, -0.2) is 0 Å². The maximum atomic E-state index is 13.5. The molecular formula is C20H24N2O3S2. The molecule has 7 heteroatoms. The van der Waals surface area contributed by atoms with Crippen LogP contribution in [0.15, 0.2) is 46.7 Å². The van der Waals surface area contributed by atoms with Gasteiger partial charge < -0.3 is 14.5 Å². The highest BCUT2D eigenvalue weighted by Gasteiger charge is 2.44. The van der Waals surface area contributed by atoms with Crippen LogP contribution in [-0.4, -0.2) is 50.6 Å². The largest absolute Gasteiger partial charge is 0.465 e. The average Bonchev–Trinajstić information content (AvgIpc) is 3.13. The Morgan fingerprint density at radius 3 is 2.67 bits per heavy atom. The van der Waals surface area contributed by atoms with Gasteiger partial charge in [0, 0.05) is 22.9 Å². The zero-order valence-corrected chi connectivity index (χ0v) is 17.4. The Morgan fingerprint density at radius 2 is 2.00 bits per heavy atom. The molecule has 0 saturated heterocycles. The number of carbonyl (C=O) groups excluding carboxylic acids is 2. The molecule has 0 spiro atoms. The number of amides is 1. The van der Waals surface area contributed by atoms with Crippen LogP contribution in [0.25, 0.3) is 0 Å². The molecule has 2 atom stereocenters. The third-order valence-corrected chi connectivity index (χ3v) is 6.86. The molecule has 0 aliphatic carbocycles. The van der Waals surface area contributed by atoms with Crippen LogP contribution in [0.5, 0.6) is 0 Å². The summed E-state index contributed by atoms with van der Waals surface area (Å²) in [6, 6.07) is 11.8. The molecule has 1 amide bonds. The molecule has 3 rings (SSSR count). The summed E-state index contributed by atoms with van der Waals surface area (Å²) in [6.07, 6.45) is 0. The van der Waals surface area contributed by atoms with Crippen molar-refractivity contribution >= 4 is 40.7 Å². The van der Waals surface area contributed by atoms with Crippen LogP contribution in [-0.2, 0) is 14.3 Å². The summed E-state index contributed by atoms with van der Waals surface area (Å²) >= 11 is 3.14. The standard InChI is InChI=1S/C20H24N2O3S2/c1-4-25-20(24)17-18(16-10-7-13-26-16)27-15-9-6-5-8-14(15)22(19(17)23)12-11-21(2)3/h5-10,13,17-18H,4,11-12H2,1-3H3/t17-,18-/m0/s1. The van der Waals surface area contributed by atoms with Crippen LogP contribution < -0.4 is 4.90 Å². The third-order valence-electron chi connectivity index (χ3n) is 4.38. The highest BCUT2D eigenvalue weighted by atomic mass is 32.2. The molecule has 1 aliphatic rings. The molecule has 1 aromatic heterocycles. The monoisotopic (exact) mass is 404 g/mol. The Morgan fingerprint density at radius 1 is 1.22 bits per heavy atom. The number of para-hydroxylation sites is 1. The van der Waals surface area contributed by atoms with Crippen molar-refractivity contribution in [3.05, 3.63) is 46.7 Å². The van der Waals surface area contributed by atoms with Crippen molar-refractivity contribution in [3.63, 3.8) is 0 Å². The van der Waals surface area contributed by atoms with Crippen molar-refractivity contribution in [2.24, 2.45) is 5.92 Å². The van der Waals surface area contributed by atoms with E-state index < -0.39 is 11.9 Å². The summed E-state index contributed by atoms with van der Waals surface area (Å²) in [6.45, 7) is 3.26. The fraction of sp³-hybridized carbons (Fsp3) is 0.400. The summed E-state index contributed by atoms with van der Waals surface area (Å²) in [5.74, 6) is -1.50. The Labute approximate surface area is 168 Å². The highest BCUT2D eigenvalue weighted by molar-refractivity contribution is 8.00. The van der Waals surface area contributed by atoms with Gasteiger partial charge >= 0.3 is 5.97 Å². The number of hydrogen-bond acceptors (Lipinski definition) is 6. The van der Waals surface area contributed by atoms with Crippen molar-refractivity contribution < 1.29 is 14.3 Å². The lowest BCUT2D eigenvalue weighted by Gasteiger charge is -2.27. The second kappa shape index (κ2) is 8.91. The number of carbonyl (C=O) groups is 2. The number of esters is 1. The van der Waals surface area contributed by atoms with E-state index in [4.69, 9.17) is 4.74 Å². The highest BCUT2D eigenvalue weighted by Crippen LogP contribution is 2.49. The van der Waals surface area contributed by atoms with E-state index in [1.54, 1.807) is 34.9 Å². The Hall–Kier alpha value is -1.83. The molecule has 0 bridgehead atoms. The van der Waals surface area contributed by atoms with Gasteiger partial charge in [0.2, 0.25) is 5.91 Å². The second-order valence-corrected chi connectivity index (χ2v) is 8.71. The lowest BCUT2D eigenvalue weighted by atomic mass is 10.0. The number of fused-ring (bicyclic) bond motifs is 1. The van der Waals surface area contributed by atoms with Gasteiger partial charge in [0.05, 0.1) is 17.5 Å². The first-order valence-electron chi connectivity index (χ1n) is 8.94. The molecule has 27 heavy (non-hydrogen) atoms. The molecule has 1 aliphatic heterocycles. The van der Waals surface area contributed by atoms with E-state index in [1.165, 1.54) is 0 Å². The van der Waals surface area contributed by atoms with Crippen molar-refractivity contribution in [1.82, 2.24) is 4.90 Å². The van der Waals surface area contributed by atoms with E-state index in [9.17, 15) is 9.59 Å². The maximum absolute atomic E-state index is 13.5. The Balaban J connectivity index is 2.07. The number of anilines is 1. The number of hydrogen-bond donors (Lipinski definition) is 0. The summed E-state index contributed by atoms with van der Waals surface area (Å²) in [7, 11) is 3.94. The lowest BCUT2D eigenvalue weighted by molar-refractivity contribution is -0.151. The van der Waals surface area contributed by atoms with Gasteiger partial charge in [-0.2, -0.15) is 0 Å². The molecule has 5 nitrogen and oxygen atoms in total. The van der Waals surface area contributed by atoms with Crippen LogP contribution in [0, 0.1) is 5.92 Å². The first kappa shape index (κ1) is 19.9. The number of thioether (sulfide) groups is 1. The lowest BCUT2D eigenvalue weighted by Crippen LogP contribution is -2.44. The van der Waals surface area contributed by atoms with Crippen LogP contribution >= 0.6 is 23.1 Å². The number of nitrogens with zero attached hydrogens (tertiary/aromatic N) is 2. The second-order valence-electron chi connectivity index (χ2n) is 6.54. The molecule has 0 radical (unpaired) electrons. The predicted octanol–water partition coefficient (Wildman–Crippen LogP) is 3.67. The third kappa shape index (κ3) is 4.36. The van der Waals surface area contributed by atoms with Gasteiger partial charge in [0.1, 0.15) is 0 Å². The SMILES string of the molecule is CCOC(=O)[C@@H]1C(=O)N(CCN(C)C)c2ccccc2S[C@H]1c1cccs1. The van der Waals surface area contributed by atoms with E-state index in [0.717, 1.165) is 15.5 Å². The van der Waals surface area contributed by atoms with Crippen LogP contribution in [0.2, 0.25) is 0 Å². The minimum Gasteiger partial charge on any atom is -0.465 e. The maximum Gasteiger partial charge on any atom is 0.320 e. The summed E-state index contributed by atoms with van der Waals surface area (Å²) < 4.78 is 5.30. The van der Waals surface area contributed by atoms with Gasteiger partial charge in [0.15, 0.2) is 5.92 Å². The van der Waals surface area contributed by atoms with E-state index >= 15 is 0 Å². The smallest absolute Gasteiger partial charge is 0.320 e. The van der Waals surface area contributed by atoms with E-state index in [2.05, 4.69) is 0 Å². The fourth-order valence-corrected chi connectivity index (χ4v) is 5.40. The Kier molecular flexibility index (Phi) is 6.57. The molecule has 0 saturated carbocycles. The number of benzene rings is 1. The van der Waals surface area contributed by atoms with Gasteiger partial charge in [-0.3, -0.25) is 9.59 Å². The molecule has 0 N–H and O–H groups in total. The van der Waals surface area contributed by atoms with E-state index in [0.29, 0.717) is 13.1 Å². The van der Waals surface area contributed by atoms with Crippen LogP contribution in [0.4, 0.5) is 5.69 Å². The topological polar surface area (TPSA) is 49.9 Å². The zero-order valence-electron chi connectivity index (χ0n) is 15.8. The number of thiophene rings is 1. The molecule has 1 aromatic carbocycles. The first-order chi connectivity index (χ1) is 13.0.